The number of thiophene rings is 1. The summed E-state index contributed by atoms with van der Waals surface area (Å²) in [6.07, 6.45) is 1.56. The molecule has 3 heterocycles. The molecule has 146 valence electrons. The number of hydrogen-bond acceptors (Lipinski definition) is 4. The average molecular weight is 417 g/mol. The smallest absolute Gasteiger partial charge is 0.264 e. The van der Waals surface area contributed by atoms with Gasteiger partial charge in [-0.3, -0.25) is 9.59 Å². The lowest BCUT2D eigenvalue weighted by molar-refractivity contribution is -0.132. The number of fused-ring (bicyclic) bond motifs is 1. The molecule has 4 rings (SSSR count). The van der Waals surface area contributed by atoms with Gasteiger partial charge in [-0.05, 0) is 50.1 Å². The Morgan fingerprint density at radius 2 is 1.96 bits per heavy atom. The van der Waals surface area contributed by atoms with Gasteiger partial charge < -0.3 is 9.80 Å². The summed E-state index contributed by atoms with van der Waals surface area (Å²) >= 11 is 7.41. The van der Waals surface area contributed by atoms with E-state index in [-0.39, 0.29) is 17.9 Å². The van der Waals surface area contributed by atoms with E-state index in [9.17, 15) is 9.59 Å². The van der Waals surface area contributed by atoms with Crippen LogP contribution >= 0.6 is 22.9 Å². The van der Waals surface area contributed by atoms with Gasteiger partial charge in [0.05, 0.1) is 16.3 Å². The summed E-state index contributed by atoms with van der Waals surface area (Å²) in [7, 11) is 3.46. The van der Waals surface area contributed by atoms with Crippen molar-refractivity contribution in [2.45, 2.75) is 25.8 Å². The molecule has 0 bridgehead atoms. The Morgan fingerprint density at radius 3 is 2.64 bits per heavy atom. The summed E-state index contributed by atoms with van der Waals surface area (Å²) in [4.78, 5) is 30.4. The molecule has 0 spiro atoms. The summed E-state index contributed by atoms with van der Waals surface area (Å²) in [5.74, 6) is -0.101. The van der Waals surface area contributed by atoms with Gasteiger partial charge in [0.15, 0.2) is 0 Å². The van der Waals surface area contributed by atoms with Crippen molar-refractivity contribution in [1.82, 2.24) is 19.6 Å². The number of aromatic nitrogens is 2. The zero-order valence-electron chi connectivity index (χ0n) is 16.0. The molecule has 1 saturated heterocycles. The quantitative estimate of drug-likeness (QED) is 0.653. The second kappa shape index (κ2) is 7.22. The fourth-order valence-electron chi connectivity index (χ4n) is 3.62. The van der Waals surface area contributed by atoms with Crippen molar-refractivity contribution in [1.29, 1.82) is 0 Å². The molecule has 0 saturated carbocycles. The molecule has 0 radical (unpaired) electrons. The molecule has 3 aromatic rings. The minimum atomic E-state index is -0.374. The summed E-state index contributed by atoms with van der Waals surface area (Å²) in [6.45, 7) is 2.55. The van der Waals surface area contributed by atoms with Gasteiger partial charge in [-0.15, -0.1) is 11.3 Å². The number of halogens is 1. The molecule has 1 fully saturated rings. The molecule has 1 aliphatic rings. The number of rotatable bonds is 3. The van der Waals surface area contributed by atoms with E-state index in [0.29, 0.717) is 22.9 Å². The number of carbonyl (C=O) groups excluding carboxylic acids is 2. The monoisotopic (exact) mass is 416 g/mol. The fourth-order valence-corrected chi connectivity index (χ4v) is 4.88. The lowest BCUT2D eigenvalue weighted by atomic mass is 10.2. The second-order valence-electron chi connectivity index (χ2n) is 7.19. The standard InChI is InChI=1S/C20H21ClN4O2S/c1-12-15-11-17(19(27)24-10-4-5-16(24)18(26)23(2)3)28-20(15)25(22-12)14-8-6-13(21)7-9-14/h6-9,11,16H,4-5,10H2,1-3H3. The van der Waals surface area contributed by atoms with Crippen LogP contribution in [0.5, 0.6) is 0 Å². The predicted octanol–water partition coefficient (Wildman–Crippen LogP) is 3.74. The average Bonchev–Trinajstić information content (AvgIpc) is 3.38. The Bertz CT molecular complexity index is 1050. The van der Waals surface area contributed by atoms with Crippen LogP contribution in [0.15, 0.2) is 30.3 Å². The molecule has 2 aromatic heterocycles. The van der Waals surface area contributed by atoms with Crippen LogP contribution in [-0.4, -0.2) is 58.1 Å². The summed E-state index contributed by atoms with van der Waals surface area (Å²) in [5.41, 5.74) is 1.76. The molecule has 2 amide bonds. The van der Waals surface area contributed by atoms with Crippen LogP contribution in [0.4, 0.5) is 0 Å². The zero-order valence-corrected chi connectivity index (χ0v) is 17.5. The fraction of sp³-hybridized carbons (Fsp3) is 0.350. The van der Waals surface area contributed by atoms with Gasteiger partial charge in [-0.1, -0.05) is 11.6 Å². The Labute approximate surface area is 172 Å². The van der Waals surface area contributed by atoms with Crippen molar-refractivity contribution >= 4 is 45.0 Å². The van der Waals surface area contributed by atoms with Crippen LogP contribution in [0.3, 0.4) is 0 Å². The van der Waals surface area contributed by atoms with E-state index in [0.717, 1.165) is 28.0 Å². The molecule has 0 aliphatic carbocycles. The van der Waals surface area contributed by atoms with Crippen molar-refractivity contribution < 1.29 is 9.59 Å². The number of benzene rings is 1. The summed E-state index contributed by atoms with van der Waals surface area (Å²) < 4.78 is 1.84. The van der Waals surface area contributed by atoms with E-state index in [4.69, 9.17) is 11.6 Å². The lowest BCUT2D eigenvalue weighted by Gasteiger charge is -2.25. The molecular weight excluding hydrogens is 396 g/mol. The first-order valence-electron chi connectivity index (χ1n) is 9.14. The molecule has 8 heteroatoms. The van der Waals surface area contributed by atoms with E-state index < -0.39 is 0 Å². The van der Waals surface area contributed by atoms with Gasteiger partial charge in [-0.2, -0.15) is 5.10 Å². The lowest BCUT2D eigenvalue weighted by Crippen LogP contribution is -2.45. The van der Waals surface area contributed by atoms with Crippen LogP contribution in [0, 0.1) is 6.92 Å². The minimum absolute atomic E-state index is 0.0181. The Morgan fingerprint density at radius 1 is 1.25 bits per heavy atom. The van der Waals surface area contributed by atoms with Crippen LogP contribution in [0.1, 0.15) is 28.2 Å². The molecule has 1 unspecified atom stereocenters. The molecule has 1 aromatic carbocycles. The Balaban J connectivity index is 1.70. The highest BCUT2D eigenvalue weighted by atomic mass is 35.5. The van der Waals surface area contributed by atoms with Crippen molar-refractivity contribution in [3.63, 3.8) is 0 Å². The first-order valence-corrected chi connectivity index (χ1v) is 10.3. The topological polar surface area (TPSA) is 58.4 Å². The molecule has 0 N–H and O–H groups in total. The third-order valence-corrected chi connectivity index (χ3v) is 6.42. The van der Waals surface area contributed by atoms with E-state index in [2.05, 4.69) is 5.10 Å². The van der Waals surface area contributed by atoms with Crippen molar-refractivity contribution in [3.05, 3.63) is 45.9 Å². The maximum Gasteiger partial charge on any atom is 0.264 e. The van der Waals surface area contributed by atoms with Gasteiger partial charge in [0.1, 0.15) is 10.9 Å². The summed E-state index contributed by atoms with van der Waals surface area (Å²) in [5, 5.41) is 6.23. The maximum absolute atomic E-state index is 13.2. The predicted molar refractivity (Wildman–Crippen MR) is 111 cm³/mol. The van der Waals surface area contributed by atoms with E-state index in [1.165, 1.54) is 11.3 Å². The van der Waals surface area contributed by atoms with Gasteiger partial charge in [0, 0.05) is 31.0 Å². The first-order chi connectivity index (χ1) is 13.4. The van der Waals surface area contributed by atoms with Gasteiger partial charge in [0.2, 0.25) is 5.91 Å². The Hall–Kier alpha value is -2.38. The summed E-state index contributed by atoms with van der Waals surface area (Å²) in [6, 6.07) is 8.97. The van der Waals surface area contributed by atoms with E-state index in [1.54, 1.807) is 23.9 Å². The van der Waals surface area contributed by atoms with Gasteiger partial charge in [-0.25, -0.2) is 4.68 Å². The van der Waals surface area contributed by atoms with Crippen molar-refractivity contribution in [2.24, 2.45) is 0 Å². The number of nitrogens with zero attached hydrogens (tertiary/aromatic N) is 4. The zero-order chi connectivity index (χ0) is 20.0. The largest absolute Gasteiger partial charge is 0.347 e. The van der Waals surface area contributed by atoms with Crippen molar-refractivity contribution in [3.8, 4) is 5.69 Å². The number of likely N-dealkylation sites (tertiary alicyclic amines) is 1. The molecule has 6 nitrogen and oxygen atoms in total. The second-order valence-corrected chi connectivity index (χ2v) is 8.66. The Kier molecular flexibility index (Phi) is 4.89. The van der Waals surface area contributed by atoms with Crippen LogP contribution in [0.25, 0.3) is 15.9 Å². The number of carbonyl (C=O) groups is 2. The number of aryl methyl sites for hydroxylation is 1. The molecule has 1 atom stereocenters. The normalized spacial score (nSPS) is 16.7. The minimum Gasteiger partial charge on any atom is -0.347 e. The van der Waals surface area contributed by atoms with Crippen LogP contribution in [-0.2, 0) is 4.79 Å². The first kappa shape index (κ1) is 19.0. The molecule has 1 aliphatic heterocycles. The third-order valence-electron chi connectivity index (χ3n) is 5.07. The van der Waals surface area contributed by atoms with Gasteiger partial charge in [0.25, 0.3) is 5.91 Å². The SMILES string of the molecule is Cc1nn(-c2ccc(Cl)cc2)c2sc(C(=O)N3CCCC3C(=O)N(C)C)cc12. The maximum atomic E-state index is 13.2. The highest BCUT2D eigenvalue weighted by molar-refractivity contribution is 7.20. The van der Waals surface area contributed by atoms with Crippen LogP contribution in [0.2, 0.25) is 5.02 Å². The van der Waals surface area contributed by atoms with E-state index >= 15 is 0 Å². The molecule has 28 heavy (non-hydrogen) atoms. The highest BCUT2D eigenvalue weighted by Gasteiger charge is 2.36. The highest BCUT2D eigenvalue weighted by Crippen LogP contribution is 2.33. The third kappa shape index (κ3) is 3.18. The number of amides is 2. The molecular formula is C20H21ClN4O2S. The van der Waals surface area contributed by atoms with Crippen molar-refractivity contribution in [2.75, 3.05) is 20.6 Å². The van der Waals surface area contributed by atoms with Crippen LogP contribution < -0.4 is 0 Å². The number of hydrogen-bond donors (Lipinski definition) is 0. The van der Waals surface area contributed by atoms with E-state index in [1.807, 2.05) is 41.9 Å². The number of likely N-dealkylation sites (N-methyl/N-ethyl adjacent to an activating group) is 1. The van der Waals surface area contributed by atoms with Gasteiger partial charge >= 0.3 is 0 Å².